The Balaban J connectivity index is 0.00000451. The number of amides is 1. The van der Waals surface area contributed by atoms with Gasteiger partial charge in [0, 0.05) is 66.8 Å². The number of carbonyl (C=O) groups is 1. The third kappa shape index (κ3) is 7.66. The van der Waals surface area contributed by atoms with Gasteiger partial charge in [0.1, 0.15) is 5.75 Å². The summed E-state index contributed by atoms with van der Waals surface area (Å²) in [6.07, 6.45) is 2.73. The fourth-order valence-corrected chi connectivity index (χ4v) is 7.34. The molecular weight excluding hydrogens is 617 g/mol. The number of H-pyrrole nitrogens is 1. The molecule has 10 heteroatoms. The van der Waals surface area contributed by atoms with Crippen LogP contribution in [0.2, 0.25) is 0 Å². The summed E-state index contributed by atoms with van der Waals surface area (Å²) in [7, 11) is 0. The highest BCUT2D eigenvalue weighted by molar-refractivity contribution is 5.98. The number of nitrogens with zero attached hydrogens (tertiary/aromatic N) is 3. The van der Waals surface area contributed by atoms with Crippen molar-refractivity contribution in [2.45, 2.75) is 64.4 Å². The molecule has 1 aromatic heterocycles. The standard InChI is InChI=1S/C38H41F3N4O2.H2O/c1-27-25-30(29-13-19-42-20-14-29)26-28(2)35(27)36(46)43-23-17-37(3,18-24-43)44-21-15-33(16-22-44)45(31-7-5-4-6-8-31)32-9-11-34(12-10-32)47-38(39,40)41;/h4-14,19-20,25-26,33H,15-18,21-24H2,1-3H3;1H2. The molecule has 3 aromatic carbocycles. The predicted octanol–water partition coefficient (Wildman–Crippen LogP) is 7.80. The maximum atomic E-state index is 13.8. The van der Waals surface area contributed by atoms with E-state index in [1.165, 1.54) is 12.1 Å². The van der Waals surface area contributed by atoms with E-state index in [0.717, 1.165) is 78.0 Å². The number of aromatic nitrogens is 1. The number of aromatic amines is 1. The first-order valence-electron chi connectivity index (χ1n) is 16.3. The Morgan fingerprint density at radius 2 is 1.40 bits per heavy atom. The van der Waals surface area contributed by atoms with Gasteiger partial charge in [-0.2, -0.15) is 0 Å². The highest BCUT2D eigenvalue weighted by Gasteiger charge is 2.40. The van der Waals surface area contributed by atoms with Crippen LogP contribution in [0.1, 0.15) is 54.1 Å². The number of anilines is 2. The van der Waals surface area contributed by atoms with E-state index in [9.17, 15) is 18.0 Å². The van der Waals surface area contributed by atoms with Crippen LogP contribution in [0.4, 0.5) is 24.5 Å². The summed E-state index contributed by atoms with van der Waals surface area (Å²) in [5, 5.41) is 0. The van der Waals surface area contributed by atoms with Crippen LogP contribution in [0.5, 0.6) is 5.75 Å². The number of para-hydroxylation sites is 1. The second-order valence-electron chi connectivity index (χ2n) is 13.0. The molecule has 48 heavy (non-hydrogen) atoms. The van der Waals surface area contributed by atoms with Crippen LogP contribution in [0.15, 0.2) is 91.3 Å². The normalized spacial score (nSPS) is 17.0. The summed E-state index contributed by atoms with van der Waals surface area (Å²) in [5.74, 6) is -0.117. The number of ether oxygens (including phenoxy) is 1. The van der Waals surface area contributed by atoms with Crippen molar-refractivity contribution in [1.82, 2.24) is 9.80 Å². The van der Waals surface area contributed by atoms with Gasteiger partial charge < -0.3 is 20.0 Å². The molecule has 7 nitrogen and oxygen atoms in total. The molecule has 254 valence electrons. The highest BCUT2D eigenvalue weighted by Crippen LogP contribution is 2.37. The lowest BCUT2D eigenvalue weighted by Gasteiger charge is -2.50. The van der Waals surface area contributed by atoms with Crippen LogP contribution in [-0.2, 0) is 0 Å². The number of carbonyl (C=O) groups excluding carboxylic acids is 1. The average Bonchev–Trinajstić information content (AvgIpc) is 3.06. The zero-order valence-electron chi connectivity index (χ0n) is 27.6. The fraction of sp³-hybridized carbons (Fsp3) is 0.368. The molecular formula is C38H43F3N4O3. The summed E-state index contributed by atoms with van der Waals surface area (Å²) in [4.78, 5) is 23.7. The van der Waals surface area contributed by atoms with Gasteiger partial charge in [-0.1, -0.05) is 30.3 Å². The number of aryl methyl sites for hydroxylation is 2. The first-order chi connectivity index (χ1) is 22.5. The van der Waals surface area contributed by atoms with Gasteiger partial charge in [-0.15, -0.1) is 13.2 Å². The minimum Gasteiger partial charge on any atom is -0.870 e. The molecule has 2 N–H and O–H groups in total. The Labute approximate surface area is 280 Å². The molecule has 0 unspecified atom stereocenters. The molecule has 2 fully saturated rings. The quantitative estimate of drug-likeness (QED) is 0.202. The lowest BCUT2D eigenvalue weighted by Crippen LogP contribution is -2.57. The van der Waals surface area contributed by atoms with Gasteiger partial charge in [0.25, 0.3) is 5.91 Å². The maximum Gasteiger partial charge on any atom is 0.573 e. The second-order valence-corrected chi connectivity index (χ2v) is 13.0. The Morgan fingerprint density at radius 1 is 0.833 bits per heavy atom. The van der Waals surface area contributed by atoms with Crippen molar-refractivity contribution in [1.29, 1.82) is 0 Å². The Bertz CT molecular complexity index is 1640. The number of nitrogens with one attached hydrogen (secondary N) is 1. The number of rotatable bonds is 7. The third-order valence-corrected chi connectivity index (χ3v) is 9.90. The SMILES string of the molecule is Cc1cc(-c2cc[nH+]cc2)cc(C)c1C(=O)N1CCC(C)(N2CCC(N(c3ccccc3)c3ccc(OC(F)(F)F)cc3)CC2)CC1.[OH-]. The Hall–Kier alpha value is -4.41. The lowest BCUT2D eigenvalue weighted by molar-refractivity contribution is -0.377. The van der Waals surface area contributed by atoms with Gasteiger partial charge in [-0.3, -0.25) is 9.69 Å². The van der Waals surface area contributed by atoms with Gasteiger partial charge in [0.15, 0.2) is 12.4 Å². The van der Waals surface area contributed by atoms with Crippen molar-refractivity contribution in [3.8, 4) is 16.9 Å². The van der Waals surface area contributed by atoms with Crippen molar-refractivity contribution in [2.24, 2.45) is 0 Å². The number of likely N-dealkylation sites (tertiary alicyclic amines) is 2. The van der Waals surface area contributed by atoms with Crippen LogP contribution < -0.4 is 14.6 Å². The molecule has 0 bridgehead atoms. The summed E-state index contributed by atoms with van der Waals surface area (Å²) in [6.45, 7) is 9.63. The largest absolute Gasteiger partial charge is 0.870 e. The molecule has 0 aliphatic carbocycles. The summed E-state index contributed by atoms with van der Waals surface area (Å²) >= 11 is 0. The van der Waals surface area contributed by atoms with Crippen molar-refractivity contribution in [3.63, 3.8) is 0 Å². The molecule has 6 rings (SSSR count). The van der Waals surface area contributed by atoms with E-state index in [-0.39, 0.29) is 28.7 Å². The molecule has 0 atom stereocenters. The smallest absolute Gasteiger partial charge is 0.573 e. The first-order valence-corrected chi connectivity index (χ1v) is 16.3. The molecule has 2 saturated heterocycles. The zero-order valence-corrected chi connectivity index (χ0v) is 27.6. The van der Waals surface area contributed by atoms with Gasteiger partial charge >= 0.3 is 6.36 Å². The van der Waals surface area contributed by atoms with Crippen LogP contribution in [0.3, 0.4) is 0 Å². The number of halogens is 3. The first kappa shape index (κ1) is 34.9. The molecule has 3 heterocycles. The van der Waals surface area contributed by atoms with Crippen molar-refractivity contribution in [3.05, 3.63) is 108 Å². The fourth-order valence-electron chi connectivity index (χ4n) is 7.34. The number of alkyl halides is 3. The van der Waals surface area contributed by atoms with E-state index in [1.54, 1.807) is 12.1 Å². The van der Waals surface area contributed by atoms with Gasteiger partial charge in [-0.05, 0) is 105 Å². The van der Waals surface area contributed by atoms with Gasteiger partial charge in [0.2, 0.25) is 0 Å². The highest BCUT2D eigenvalue weighted by atomic mass is 19.4. The van der Waals surface area contributed by atoms with Crippen molar-refractivity contribution >= 4 is 17.3 Å². The van der Waals surface area contributed by atoms with E-state index >= 15 is 0 Å². The second kappa shape index (κ2) is 14.4. The molecule has 0 spiro atoms. The van der Waals surface area contributed by atoms with E-state index in [0.29, 0.717) is 13.1 Å². The average molecular weight is 661 g/mol. The number of piperidine rings is 2. The molecule has 2 aliphatic rings. The van der Waals surface area contributed by atoms with E-state index < -0.39 is 6.36 Å². The lowest BCUT2D eigenvalue weighted by atomic mass is 9.84. The molecule has 2 aliphatic heterocycles. The number of hydrogen-bond acceptors (Lipinski definition) is 5. The molecule has 1 amide bonds. The van der Waals surface area contributed by atoms with E-state index in [2.05, 4.69) is 38.6 Å². The van der Waals surface area contributed by atoms with Crippen LogP contribution in [0.25, 0.3) is 11.1 Å². The Kier molecular flexibility index (Phi) is 10.5. The summed E-state index contributed by atoms with van der Waals surface area (Å²) in [6, 6.07) is 24.6. The van der Waals surface area contributed by atoms with Crippen LogP contribution >= 0.6 is 0 Å². The minimum atomic E-state index is -4.72. The predicted molar refractivity (Wildman–Crippen MR) is 180 cm³/mol. The van der Waals surface area contributed by atoms with Crippen LogP contribution in [0, 0.1) is 13.8 Å². The molecule has 0 saturated carbocycles. The van der Waals surface area contributed by atoms with Gasteiger partial charge in [0.05, 0.1) is 0 Å². The zero-order chi connectivity index (χ0) is 33.2. The van der Waals surface area contributed by atoms with E-state index in [1.807, 2.05) is 73.6 Å². The molecule has 4 aromatic rings. The van der Waals surface area contributed by atoms with Crippen LogP contribution in [-0.4, -0.2) is 65.3 Å². The third-order valence-electron chi connectivity index (χ3n) is 9.90. The number of hydrogen-bond donors (Lipinski definition) is 0. The summed E-state index contributed by atoms with van der Waals surface area (Å²) < 4.78 is 42.4. The maximum absolute atomic E-state index is 13.8. The van der Waals surface area contributed by atoms with Gasteiger partial charge in [-0.25, -0.2) is 4.98 Å². The molecule has 0 radical (unpaired) electrons. The van der Waals surface area contributed by atoms with Crippen molar-refractivity contribution < 1.29 is 33.2 Å². The minimum absolute atomic E-state index is 0. The van der Waals surface area contributed by atoms with E-state index in [4.69, 9.17) is 0 Å². The topological polar surface area (TPSA) is 80.2 Å². The summed E-state index contributed by atoms with van der Waals surface area (Å²) in [5.41, 5.74) is 6.87. The number of benzene rings is 3. The number of pyridine rings is 1. The Morgan fingerprint density at radius 3 is 1.96 bits per heavy atom. The monoisotopic (exact) mass is 660 g/mol. The van der Waals surface area contributed by atoms with Crippen molar-refractivity contribution in [2.75, 3.05) is 31.1 Å².